The number of hydrogen-bond acceptors (Lipinski definition) is 7. The molecule has 0 aliphatic rings. The SMILES string of the molecule is CC(C)(C)c1ccc(S(=O)(=O)NC(=O)C(Cc2cccc(C(=O)O)c2)c2ccc3nsnc3c2)cc1. The Morgan fingerprint density at radius 1 is 0.972 bits per heavy atom. The second kappa shape index (κ2) is 9.79. The van der Waals surface area contributed by atoms with E-state index in [1.165, 1.54) is 24.3 Å². The highest BCUT2D eigenvalue weighted by atomic mass is 32.2. The highest BCUT2D eigenvalue weighted by Crippen LogP contribution is 2.27. The fourth-order valence-corrected chi connectivity index (χ4v) is 5.38. The summed E-state index contributed by atoms with van der Waals surface area (Å²) in [7, 11) is -4.14. The summed E-state index contributed by atoms with van der Waals surface area (Å²) in [6, 6.07) is 17.8. The smallest absolute Gasteiger partial charge is 0.335 e. The van der Waals surface area contributed by atoms with E-state index in [-0.39, 0.29) is 22.3 Å². The summed E-state index contributed by atoms with van der Waals surface area (Å²) in [5.41, 5.74) is 3.29. The van der Waals surface area contributed by atoms with Crippen LogP contribution in [-0.4, -0.2) is 34.1 Å². The summed E-state index contributed by atoms with van der Waals surface area (Å²) in [6.45, 7) is 6.07. The van der Waals surface area contributed by atoms with Gasteiger partial charge in [-0.05, 0) is 64.9 Å². The number of nitrogens with zero attached hydrogens (tertiary/aromatic N) is 2. The molecule has 4 rings (SSSR count). The van der Waals surface area contributed by atoms with E-state index in [1.807, 2.05) is 20.8 Å². The van der Waals surface area contributed by atoms with Gasteiger partial charge in [0.05, 0.1) is 28.1 Å². The van der Waals surface area contributed by atoms with Crippen LogP contribution in [-0.2, 0) is 26.7 Å². The molecule has 0 aliphatic carbocycles. The lowest BCUT2D eigenvalue weighted by molar-refractivity contribution is -0.120. The number of nitrogens with one attached hydrogen (secondary N) is 1. The molecule has 1 heterocycles. The van der Waals surface area contributed by atoms with Crippen molar-refractivity contribution in [1.82, 2.24) is 13.5 Å². The molecular weight excluding hydrogens is 498 g/mol. The van der Waals surface area contributed by atoms with Gasteiger partial charge < -0.3 is 5.11 Å². The number of aromatic carboxylic acids is 1. The molecule has 0 radical (unpaired) electrons. The maximum absolute atomic E-state index is 13.4. The summed E-state index contributed by atoms with van der Waals surface area (Å²) in [5.74, 6) is -2.73. The Balaban J connectivity index is 1.67. The Kier molecular flexibility index (Phi) is 6.92. The van der Waals surface area contributed by atoms with Gasteiger partial charge in [-0.3, -0.25) is 4.79 Å². The summed E-state index contributed by atoms with van der Waals surface area (Å²) < 4.78 is 36.8. The molecular formula is C26H25N3O5S2. The molecule has 1 unspecified atom stereocenters. The lowest BCUT2D eigenvalue weighted by atomic mass is 9.87. The average Bonchev–Trinajstić information content (AvgIpc) is 3.30. The van der Waals surface area contributed by atoms with Gasteiger partial charge in [0.2, 0.25) is 5.91 Å². The van der Waals surface area contributed by atoms with Crippen LogP contribution in [0, 0.1) is 0 Å². The second-order valence-corrected chi connectivity index (χ2v) is 11.7. The molecule has 1 atom stereocenters. The minimum atomic E-state index is -4.14. The minimum Gasteiger partial charge on any atom is -0.478 e. The number of hydrogen-bond donors (Lipinski definition) is 2. The van der Waals surface area contributed by atoms with E-state index in [0.29, 0.717) is 22.2 Å². The Hall–Kier alpha value is -3.63. The molecule has 3 aromatic carbocycles. The van der Waals surface area contributed by atoms with Crippen molar-refractivity contribution in [2.45, 2.75) is 43.4 Å². The normalized spacial score (nSPS) is 12.9. The number of carboxylic acids is 1. The van der Waals surface area contributed by atoms with Crippen molar-refractivity contribution in [2.75, 3.05) is 0 Å². The van der Waals surface area contributed by atoms with Gasteiger partial charge in [-0.2, -0.15) is 8.75 Å². The van der Waals surface area contributed by atoms with E-state index in [9.17, 15) is 23.1 Å². The average molecular weight is 524 g/mol. The third-order valence-corrected chi connectivity index (χ3v) is 7.80. The first-order valence-electron chi connectivity index (χ1n) is 11.2. The third-order valence-electron chi connectivity index (χ3n) is 5.88. The predicted molar refractivity (Wildman–Crippen MR) is 138 cm³/mol. The first-order valence-corrected chi connectivity index (χ1v) is 13.4. The Labute approximate surface area is 213 Å². The standard InChI is InChI=1S/C26H25N3O5S2/c1-26(2,3)19-8-10-20(11-9-19)36(33,34)29-24(30)21(14-16-5-4-6-18(13-16)25(31)32)17-7-12-22-23(15-17)28-35-27-22/h4-13,15,21H,14H2,1-3H3,(H,29,30)(H,31,32). The van der Waals surface area contributed by atoms with Crippen LogP contribution in [0.5, 0.6) is 0 Å². The van der Waals surface area contributed by atoms with Crippen molar-refractivity contribution in [3.63, 3.8) is 0 Å². The van der Waals surface area contributed by atoms with Gasteiger partial charge in [0.1, 0.15) is 11.0 Å². The van der Waals surface area contributed by atoms with E-state index >= 15 is 0 Å². The molecule has 4 aromatic rings. The first kappa shape index (κ1) is 25.5. The Bertz CT molecular complexity index is 1540. The van der Waals surface area contributed by atoms with Crippen molar-refractivity contribution in [3.8, 4) is 0 Å². The lowest BCUT2D eigenvalue weighted by Gasteiger charge is -2.20. The zero-order chi connectivity index (χ0) is 26.1. The molecule has 0 spiro atoms. The number of carbonyl (C=O) groups excluding carboxylic acids is 1. The van der Waals surface area contributed by atoms with Gasteiger partial charge in [0.15, 0.2) is 0 Å². The minimum absolute atomic E-state index is 0.0189. The maximum atomic E-state index is 13.4. The Morgan fingerprint density at radius 3 is 2.33 bits per heavy atom. The van der Waals surface area contributed by atoms with Gasteiger partial charge in [-0.15, -0.1) is 0 Å². The molecule has 0 aliphatic heterocycles. The number of carbonyl (C=O) groups is 2. The van der Waals surface area contributed by atoms with Crippen LogP contribution in [0.3, 0.4) is 0 Å². The summed E-state index contributed by atoms with van der Waals surface area (Å²) in [4.78, 5) is 24.8. The van der Waals surface area contributed by atoms with Crippen molar-refractivity contribution >= 4 is 44.7 Å². The monoisotopic (exact) mass is 523 g/mol. The molecule has 1 aromatic heterocycles. The number of aromatic nitrogens is 2. The number of sulfonamides is 1. The van der Waals surface area contributed by atoms with E-state index in [0.717, 1.165) is 17.3 Å². The largest absolute Gasteiger partial charge is 0.478 e. The van der Waals surface area contributed by atoms with Gasteiger partial charge in [-0.25, -0.2) is 17.9 Å². The summed E-state index contributed by atoms with van der Waals surface area (Å²) >= 11 is 1.04. The van der Waals surface area contributed by atoms with Crippen LogP contribution in [0.2, 0.25) is 0 Å². The number of rotatable bonds is 7. The molecule has 2 N–H and O–H groups in total. The number of fused-ring (bicyclic) bond motifs is 1. The van der Waals surface area contributed by atoms with Crippen molar-refractivity contribution in [2.24, 2.45) is 0 Å². The molecule has 8 nitrogen and oxygen atoms in total. The van der Waals surface area contributed by atoms with Gasteiger partial charge in [0, 0.05) is 0 Å². The summed E-state index contributed by atoms with van der Waals surface area (Å²) in [6.07, 6.45) is 0.0918. The maximum Gasteiger partial charge on any atom is 0.335 e. The summed E-state index contributed by atoms with van der Waals surface area (Å²) in [5, 5.41) is 9.34. The van der Waals surface area contributed by atoms with Crippen molar-refractivity contribution < 1.29 is 23.1 Å². The number of benzene rings is 3. The molecule has 0 fully saturated rings. The highest BCUT2D eigenvalue weighted by Gasteiger charge is 2.27. The van der Waals surface area contributed by atoms with E-state index in [4.69, 9.17) is 0 Å². The Morgan fingerprint density at radius 2 is 1.67 bits per heavy atom. The molecule has 10 heteroatoms. The molecule has 0 saturated heterocycles. The van der Waals surface area contributed by atoms with Crippen LogP contribution < -0.4 is 4.72 Å². The van der Waals surface area contributed by atoms with Gasteiger partial charge in [0.25, 0.3) is 10.0 Å². The highest BCUT2D eigenvalue weighted by molar-refractivity contribution is 7.90. The first-order chi connectivity index (χ1) is 16.9. The number of amides is 1. The van der Waals surface area contributed by atoms with Crippen LogP contribution in [0.15, 0.2) is 71.6 Å². The third kappa shape index (κ3) is 5.60. The molecule has 0 saturated carbocycles. The zero-order valence-corrected chi connectivity index (χ0v) is 21.6. The van der Waals surface area contributed by atoms with Gasteiger partial charge in [-0.1, -0.05) is 51.1 Å². The van der Waals surface area contributed by atoms with E-state index in [2.05, 4.69) is 13.5 Å². The van der Waals surface area contributed by atoms with Gasteiger partial charge >= 0.3 is 5.97 Å². The molecule has 1 amide bonds. The zero-order valence-electron chi connectivity index (χ0n) is 19.9. The van der Waals surface area contributed by atoms with Crippen molar-refractivity contribution in [1.29, 1.82) is 0 Å². The van der Waals surface area contributed by atoms with Crippen LogP contribution in [0.4, 0.5) is 0 Å². The molecule has 186 valence electrons. The van der Waals surface area contributed by atoms with Crippen LogP contribution in [0.25, 0.3) is 11.0 Å². The lowest BCUT2D eigenvalue weighted by Crippen LogP contribution is -2.35. The van der Waals surface area contributed by atoms with E-state index in [1.54, 1.807) is 42.5 Å². The van der Waals surface area contributed by atoms with Crippen LogP contribution in [0.1, 0.15) is 53.7 Å². The fraction of sp³-hybridized carbons (Fsp3) is 0.231. The quantitative estimate of drug-likeness (QED) is 0.365. The van der Waals surface area contributed by atoms with E-state index < -0.39 is 27.8 Å². The topological polar surface area (TPSA) is 126 Å². The molecule has 36 heavy (non-hydrogen) atoms. The van der Waals surface area contributed by atoms with Crippen LogP contribution >= 0.6 is 11.7 Å². The number of carboxylic acid groups (broad SMARTS) is 1. The predicted octanol–water partition coefficient (Wildman–Crippen LogP) is 4.52. The molecule has 0 bridgehead atoms. The second-order valence-electron chi connectivity index (χ2n) is 9.52. The fourth-order valence-electron chi connectivity index (χ4n) is 3.84. The van der Waals surface area contributed by atoms with Crippen molar-refractivity contribution in [3.05, 3.63) is 89.0 Å².